The van der Waals surface area contributed by atoms with E-state index < -0.39 is 0 Å². The molecule has 1 amide bonds. The SMILES string of the molecule is Cc1ncc(-c2cc(C(=O)N3CCCCCCC3)c3ccc(F)cc3n2)cn1. The lowest BCUT2D eigenvalue weighted by atomic mass is 10.0. The molecular formula is C22H23FN4O. The van der Waals surface area contributed by atoms with Crippen molar-refractivity contribution in [3.05, 3.63) is 53.9 Å². The number of amides is 1. The van der Waals surface area contributed by atoms with Gasteiger partial charge >= 0.3 is 0 Å². The molecule has 144 valence electrons. The minimum absolute atomic E-state index is 0.0183. The van der Waals surface area contributed by atoms with Gasteiger partial charge in [0.15, 0.2) is 0 Å². The van der Waals surface area contributed by atoms with Gasteiger partial charge in [-0.3, -0.25) is 4.79 Å². The van der Waals surface area contributed by atoms with Crippen LogP contribution >= 0.6 is 0 Å². The minimum atomic E-state index is -0.373. The molecule has 1 saturated heterocycles. The molecule has 0 aliphatic carbocycles. The lowest BCUT2D eigenvalue weighted by Gasteiger charge is -2.25. The summed E-state index contributed by atoms with van der Waals surface area (Å²) in [5, 5.41) is 0.672. The number of rotatable bonds is 2. The Morgan fingerprint density at radius 2 is 1.68 bits per heavy atom. The molecule has 0 spiro atoms. The molecular weight excluding hydrogens is 355 g/mol. The Morgan fingerprint density at radius 1 is 1.00 bits per heavy atom. The van der Waals surface area contributed by atoms with Gasteiger partial charge in [0.2, 0.25) is 0 Å². The van der Waals surface area contributed by atoms with Crippen molar-refractivity contribution in [3.8, 4) is 11.3 Å². The third-order valence-electron chi connectivity index (χ3n) is 5.22. The molecule has 2 aromatic heterocycles. The third kappa shape index (κ3) is 3.86. The normalized spacial score (nSPS) is 15.3. The molecule has 0 unspecified atom stereocenters. The molecule has 1 aromatic carbocycles. The van der Waals surface area contributed by atoms with Crippen molar-refractivity contribution in [2.45, 2.75) is 39.0 Å². The van der Waals surface area contributed by atoms with Gasteiger partial charge in [0.25, 0.3) is 5.91 Å². The van der Waals surface area contributed by atoms with Crippen LogP contribution in [0.4, 0.5) is 4.39 Å². The summed E-state index contributed by atoms with van der Waals surface area (Å²) in [7, 11) is 0. The number of aryl methyl sites for hydroxylation is 1. The maximum atomic E-state index is 13.8. The summed E-state index contributed by atoms with van der Waals surface area (Å²) in [5.41, 5.74) is 2.31. The van der Waals surface area contributed by atoms with E-state index in [4.69, 9.17) is 0 Å². The fourth-order valence-electron chi connectivity index (χ4n) is 3.67. The number of hydrogen-bond donors (Lipinski definition) is 0. The number of fused-ring (bicyclic) bond motifs is 1. The zero-order chi connectivity index (χ0) is 19.5. The number of likely N-dealkylation sites (tertiary alicyclic amines) is 1. The van der Waals surface area contributed by atoms with Crippen molar-refractivity contribution in [1.82, 2.24) is 19.9 Å². The van der Waals surface area contributed by atoms with Crippen molar-refractivity contribution < 1.29 is 9.18 Å². The van der Waals surface area contributed by atoms with Crippen LogP contribution in [0.25, 0.3) is 22.2 Å². The van der Waals surface area contributed by atoms with Gasteiger partial charge < -0.3 is 4.90 Å². The largest absolute Gasteiger partial charge is 0.339 e. The van der Waals surface area contributed by atoms with Crippen LogP contribution in [0, 0.1) is 12.7 Å². The van der Waals surface area contributed by atoms with Crippen LogP contribution in [0.15, 0.2) is 36.7 Å². The van der Waals surface area contributed by atoms with Crippen LogP contribution in [0.5, 0.6) is 0 Å². The first-order valence-corrected chi connectivity index (χ1v) is 9.80. The molecule has 1 fully saturated rings. The number of hydrogen-bond acceptors (Lipinski definition) is 4. The van der Waals surface area contributed by atoms with E-state index >= 15 is 0 Å². The topological polar surface area (TPSA) is 59.0 Å². The van der Waals surface area contributed by atoms with Gasteiger partial charge in [-0.05, 0) is 38.0 Å². The Morgan fingerprint density at radius 3 is 2.39 bits per heavy atom. The molecule has 28 heavy (non-hydrogen) atoms. The standard InChI is InChI=1S/C22H23FN4O/c1-15-24-13-16(14-25-15)20-12-19(18-8-7-17(23)11-21(18)26-20)22(28)27-9-5-3-2-4-6-10-27/h7-8,11-14H,2-6,9-10H2,1H3. The average Bonchev–Trinajstić information content (AvgIpc) is 2.67. The van der Waals surface area contributed by atoms with Crippen molar-refractivity contribution in [2.24, 2.45) is 0 Å². The van der Waals surface area contributed by atoms with Crippen LogP contribution < -0.4 is 0 Å². The first kappa shape index (κ1) is 18.5. The van der Waals surface area contributed by atoms with Crippen molar-refractivity contribution in [1.29, 1.82) is 0 Å². The predicted octanol–water partition coefficient (Wildman–Crippen LogP) is 4.55. The number of benzene rings is 1. The maximum absolute atomic E-state index is 13.8. The van der Waals surface area contributed by atoms with Crippen LogP contribution in [0.3, 0.4) is 0 Å². The van der Waals surface area contributed by atoms with E-state index in [2.05, 4.69) is 15.0 Å². The van der Waals surface area contributed by atoms with Gasteiger partial charge in [-0.1, -0.05) is 19.3 Å². The van der Waals surface area contributed by atoms with E-state index in [1.54, 1.807) is 24.5 Å². The Balaban J connectivity index is 1.81. The second-order valence-electron chi connectivity index (χ2n) is 7.30. The maximum Gasteiger partial charge on any atom is 0.254 e. The quantitative estimate of drug-likeness (QED) is 0.657. The zero-order valence-electron chi connectivity index (χ0n) is 16.0. The molecule has 6 heteroatoms. The number of nitrogens with zero attached hydrogens (tertiary/aromatic N) is 4. The summed E-state index contributed by atoms with van der Waals surface area (Å²) in [4.78, 5) is 28.3. The summed E-state index contributed by atoms with van der Waals surface area (Å²) in [6.45, 7) is 3.32. The highest BCUT2D eigenvalue weighted by molar-refractivity contribution is 6.07. The first-order chi connectivity index (χ1) is 13.6. The molecule has 4 rings (SSSR count). The number of halogens is 1. The lowest BCUT2D eigenvalue weighted by Crippen LogP contribution is -2.34. The molecule has 0 saturated carbocycles. The number of carbonyl (C=O) groups excluding carboxylic acids is 1. The van der Waals surface area contributed by atoms with Crippen molar-refractivity contribution in [2.75, 3.05) is 13.1 Å². The summed E-state index contributed by atoms with van der Waals surface area (Å²) in [5.74, 6) is 0.268. The smallest absolute Gasteiger partial charge is 0.254 e. The highest BCUT2D eigenvalue weighted by Gasteiger charge is 2.21. The highest BCUT2D eigenvalue weighted by Crippen LogP contribution is 2.26. The molecule has 0 atom stereocenters. The van der Waals surface area contributed by atoms with E-state index in [0.717, 1.165) is 38.8 Å². The van der Waals surface area contributed by atoms with Gasteiger partial charge in [-0.25, -0.2) is 19.3 Å². The molecule has 3 aromatic rings. The van der Waals surface area contributed by atoms with Crippen LogP contribution in [-0.4, -0.2) is 38.8 Å². The number of carbonyl (C=O) groups is 1. The van der Waals surface area contributed by atoms with Gasteiger partial charge in [0.1, 0.15) is 11.6 Å². The lowest BCUT2D eigenvalue weighted by molar-refractivity contribution is 0.0744. The number of aromatic nitrogens is 3. The van der Waals surface area contributed by atoms with Crippen LogP contribution in [0.1, 0.15) is 48.3 Å². The zero-order valence-corrected chi connectivity index (χ0v) is 16.0. The van der Waals surface area contributed by atoms with Gasteiger partial charge in [-0.15, -0.1) is 0 Å². The fraction of sp³-hybridized carbons (Fsp3) is 0.364. The summed E-state index contributed by atoms with van der Waals surface area (Å²) >= 11 is 0. The molecule has 1 aliphatic heterocycles. The van der Waals surface area contributed by atoms with E-state index in [1.807, 2.05) is 11.8 Å². The molecule has 3 heterocycles. The monoisotopic (exact) mass is 378 g/mol. The summed E-state index contributed by atoms with van der Waals surface area (Å²) in [6.07, 6.45) is 8.93. The van der Waals surface area contributed by atoms with Crippen LogP contribution in [0.2, 0.25) is 0 Å². The molecule has 0 N–H and O–H groups in total. The Kier molecular flexibility index (Phi) is 5.28. The first-order valence-electron chi connectivity index (χ1n) is 9.80. The summed E-state index contributed by atoms with van der Waals surface area (Å²) in [6, 6.07) is 6.18. The molecule has 0 bridgehead atoms. The Hall–Kier alpha value is -2.89. The van der Waals surface area contributed by atoms with E-state index in [0.29, 0.717) is 33.5 Å². The summed E-state index contributed by atoms with van der Waals surface area (Å²) < 4.78 is 13.8. The van der Waals surface area contributed by atoms with E-state index in [-0.39, 0.29) is 11.7 Å². The van der Waals surface area contributed by atoms with Gasteiger partial charge in [-0.2, -0.15) is 0 Å². The minimum Gasteiger partial charge on any atom is -0.339 e. The molecule has 1 aliphatic rings. The van der Waals surface area contributed by atoms with Crippen molar-refractivity contribution >= 4 is 16.8 Å². The second kappa shape index (κ2) is 8.00. The second-order valence-corrected chi connectivity index (χ2v) is 7.30. The Labute approximate surface area is 163 Å². The third-order valence-corrected chi connectivity index (χ3v) is 5.22. The highest BCUT2D eigenvalue weighted by atomic mass is 19.1. The van der Waals surface area contributed by atoms with Gasteiger partial charge in [0, 0.05) is 42.5 Å². The average molecular weight is 378 g/mol. The Bertz CT molecular complexity index is 995. The molecule has 5 nitrogen and oxygen atoms in total. The molecule has 0 radical (unpaired) electrons. The fourth-order valence-corrected chi connectivity index (χ4v) is 3.67. The number of pyridine rings is 1. The van der Waals surface area contributed by atoms with E-state index in [9.17, 15) is 9.18 Å². The van der Waals surface area contributed by atoms with Gasteiger partial charge in [0.05, 0.1) is 16.8 Å². The van der Waals surface area contributed by atoms with Crippen molar-refractivity contribution in [3.63, 3.8) is 0 Å². The van der Waals surface area contributed by atoms with E-state index in [1.165, 1.54) is 18.6 Å². The van der Waals surface area contributed by atoms with Crippen LogP contribution in [-0.2, 0) is 0 Å². The predicted molar refractivity (Wildman–Crippen MR) is 106 cm³/mol.